The van der Waals surface area contributed by atoms with Crippen molar-refractivity contribution in [1.82, 2.24) is 0 Å². The molecule has 2 saturated carbocycles. The van der Waals surface area contributed by atoms with Crippen LogP contribution in [0.1, 0.15) is 25.7 Å². The molecule has 4 unspecified atom stereocenters. The second-order valence-electron chi connectivity index (χ2n) is 14.9. The summed E-state index contributed by atoms with van der Waals surface area (Å²) in [5, 5.41) is 0. The van der Waals surface area contributed by atoms with E-state index in [2.05, 4.69) is 0 Å². The van der Waals surface area contributed by atoms with Crippen LogP contribution in [-0.2, 0) is 66.3 Å². The number of rotatable bonds is 12. The van der Waals surface area contributed by atoms with Crippen LogP contribution < -0.4 is 0 Å². The Bertz CT molecular complexity index is 968. The molecule has 8 bridgehead atoms. The van der Waals surface area contributed by atoms with Crippen LogP contribution in [0.2, 0.25) is 0 Å². The van der Waals surface area contributed by atoms with Gasteiger partial charge in [0.2, 0.25) is 0 Å². The molecule has 18 heteroatoms. The van der Waals surface area contributed by atoms with Crippen molar-refractivity contribution in [3.8, 4) is 0 Å². The van der Waals surface area contributed by atoms with Crippen molar-refractivity contribution in [2.24, 2.45) is 11.8 Å². The molecule has 0 N–H and O–H groups in total. The maximum Gasteiger partial charge on any atom is 0.143 e. The Morgan fingerprint density at radius 2 is 0.750 bits per heavy atom. The average molecular weight is 732 g/mol. The van der Waals surface area contributed by atoms with Gasteiger partial charge in [0, 0.05) is 92.7 Å². The molecule has 14 nitrogen and oxygen atoms in total. The zero-order valence-corrected chi connectivity index (χ0v) is 32.0. The predicted octanol–water partition coefficient (Wildman–Crippen LogP) is -0.737. The van der Waals surface area contributed by atoms with Crippen LogP contribution in [0, 0.1) is 11.8 Å². The topological polar surface area (TPSA) is 129 Å². The fourth-order valence-electron chi connectivity index (χ4n) is 9.80. The summed E-state index contributed by atoms with van der Waals surface area (Å²) in [6, 6.07) is -1.13. The van der Waals surface area contributed by atoms with Gasteiger partial charge in [0.25, 0.3) is 0 Å². The Labute approximate surface area is 314 Å². The second-order valence-corrected chi connectivity index (χ2v) is 14.9. The van der Waals surface area contributed by atoms with Crippen molar-refractivity contribution in [1.29, 1.82) is 0 Å². The van der Waals surface area contributed by atoms with E-state index in [-0.39, 0.29) is 59.8 Å². The zero-order valence-electron chi connectivity index (χ0n) is 32.0. The van der Waals surface area contributed by atoms with Gasteiger partial charge >= 0.3 is 0 Å². The molecule has 8 fully saturated rings. The molecule has 0 aromatic carbocycles. The Hall–Kier alpha value is -0.300. The molecule has 8 radical (unpaired) electrons. The Balaban J connectivity index is 0.000000134. The van der Waals surface area contributed by atoms with Crippen molar-refractivity contribution in [3.63, 3.8) is 0 Å². The molecule has 8 rings (SSSR count). The number of hydrogen-bond donors (Lipinski definition) is 0. The van der Waals surface area contributed by atoms with Crippen molar-refractivity contribution in [2.45, 2.75) is 109 Å². The molecule has 52 heavy (non-hydrogen) atoms. The highest BCUT2D eigenvalue weighted by atomic mass is 16.7. The van der Waals surface area contributed by atoms with Gasteiger partial charge in [-0.15, -0.1) is 0 Å². The van der Waals surface area contributed by atoms with Gasteiger partial charge in [-0.1, -0.05) is 0 Å². The molecular weight excluding hydrogens is 676 g/mol. The van der Waals surface area contributed by atoms with Crippen molar-refractivity contribution in [2.75, 3.05) is 96.5 Å². The normalized spacial score (nSPS) is 48.6. The van der Waals surface area contributed by atoms with E-state index in [1.54, 1.807) is 56.9 Å². The van der Waals surface area contributed by atoms with Crippen LogP contribution in [-0.4, -0.2) is 211 Å². The lowest BCUT2D eigenvalue weighted by atomic mass is 9.85. The molecule has 288 valence electrons. The van der Waals surface area contributed by atoms with Crippen LogP contribution in [0.15, 0.2) is 0 Å². The van der Waals surface area contributed by atoms with Crippen LogP contribution >= 0.6 is 0 Å². The van der Waals surface area contributed by atoms with Gasteiger partial charge in [-0.25, -0.2) is 0 Å². The minimum Gasteiger partial charge on any atom is -0.382 e. The number of fused-ring (bicyclic) bond motifs is 8. The summed E-state index contributed by atoms with van der Waals surface area (Å²) in [6.45, 7) is 3.06. The number of ether oxygens (including phenoxy) is 14. The smallest absolute Gasteiger partial charge is 0.143 e. The van der Waals surface area contributed by atoms with E-state index in [1.165, 1.54) is 0 Å². The predicted molar refractivity (Wildman–Crippen MR) is 189 cm³/mol. The largest absolute Gasteiger partial charge is 0.382 e. The van der Waals surface area contributed by atoms with Gasteiger partial charge in [0.05, 0.1) is 51.8 Å². The minimum atomic E-state index is -0.492. The third-order valence-electron chi connectivity index (χ3n) is 11.8. The first kappa shape index (κ1) is 42.8. The van der Waals surface area contributed by atoms with Gasteiger partial charge in [0.1, 0.15) is 78.2 Å². The van der Waals surface area contributed by atoms with Crippen molar-refractivity contribution in [3.05, 3.63) is 0 Å². The summed E-state index contributed by atoms with van der Waals surface area (Å²) in [4.78, 5) is 0. The van der Waals surface area contributed by atoms with Gasteiger partial charge in [0.15, 0.2) is 0 Å². The highest BCUT2D eigenvalue weighted by Gasteiger charge is 2.62. The van der Waals surface area contributed by atoms with Crippen molar-refractivity contribution < 1.29 is 66.3 Å². The first-order chi connectivity index (χ1) is 24.9. The molecular formula is C34H56B4O14. The molecule has 0 aromatic rings. The lowest BCUT2D eigenvalue weighted by molar-refractivity contribution is -0.144. The molecule has 2 aliphatic carbocycles. The zero-order chi connectivity index (χ0) is 37.9. The van der Waals surface area contributed by atoms with Crippen LogP contribution in [0.4, 0.5) is 0 Å². The maximum absolute atomic E-state index is 5.84. The molecule has 0 amide bonds. The van der Waals surface area contributed by atoms with Gasteiger partial charge in [-0.05, 0) is 25.7 Å². The summed E-state index contributed by atoms with van der Waals surface area (Å²) >= 11 is 0. The van der Waals surface area contributed by atoms with Gasteiger partial charge in [-0.3, -0.25) is 0 Å². The van der Waals surface area contributed by atoms with Crippen LogP contribution in [0.25, 0.3) is 0 Å². The summed E-state index contributed by atoms with van der Waals surface area (Å²) in [6.07, 6.45) is 3.87. The van der Waals surface area contributed by atoms with E-state index >= 15 is 0 Å². The van der Waals surface area contributed by atoms with E-state index in [0.717, 1.165) is 25.7 Å². The summed E-state index contributed by atoms with van der Waals surface area (Å²) in [7, 11) is 36.5. The molecule has 6 heterocycles. The first-order valence-corrected chi connectivity index (χ1v) is 18.0. The van der Waals surface area contributed by atoms with Gasteiger partial charge in [-0.2, -0.15) is 0 Å². The Morgan fingerprint density at radius 3 is 1.02 bits per heavy atom. The first-order valence-electron chi connectivity index (χ1n) is 18.0. The van der Waals surface area contributed by atoms with E-state index in [1.807, 2.05) is 0 Å². The SMILES string of the molecule is [B]C1O[C@]2(COC)CO[C@@H]1[C@@H]2OC.[B][C@@H]1O[C@@]2(COC)CCC1[C@H]2OC.[B][C@@H]1O[C@@]2(COC)CCC1[C@H]2OC.[B][C@@H]1O[C@@]2(COC)COC1[C@H]2OC. The van der Waals surface area contributed by atoms with Crippen molar-refractivity contribution >= 4 is 31.4 Å². The maximum atomic E-state index is 5.84. The second kappa shape index (κ2) is 17.9. The molecule has 0 aromatic heterocycles. The monoisotopic (exact) mass is 732 g/mol. The molecule has 8 aliphatic rings. The van der Waals surface area contributed by atoms with E-state index in [4.69, 9.17) is 97.7 Å². The third-order valence-corrected chi connectivity index (χ3v) is 11.8. The van der Waals surface area contributed by atoms with E-state index in [0.29, 0.717) is 51.5 Å². The van der Waals surface area contributed by atoms with E-state index in [9.17, 15) is 0 Å². The molecule has 0 spiro atoms. The third kappa shape index (κ3) is 7.70. The Morgan fingerprint density at radius 1 is 0.442 bits per heavy atom. The summed E-state index contributed by atoms with van der Waals surface area (Å²) < 4.78 is 75.6. The highest BCUT2D eigenvalue weighted by Crippen LogP contribution is 2.50. The minimum absolute atomic E-state index is 0.109. The summed E-state index contributed by atoms with van der Waals surface area (Å²) in [5.41, 5.74) is -1.53. The highest BCUT2D eigenvalue weighted by molar-refractivity contribution is 6.12. The number of hydrogen-bond acceptors (Lipinski definition) is 14. The van der Waals surface area contributed by atoms with E-state index < -0.39 is 23.2 Å². The fraction of sp³-hybridized carbons (Fsp3) is 1.00. The summed E-state index contributed by atoms with van der Waals surface area (Å²) in [5.74, 6) is 0.695. The quantitative estimate of drug-likeness (QED) is 0.234. The van der Waals surface area contributed by atoms with Crippen LogP contribution in [0.3, 0.4) is 0 Å². The molecule has 16 atom stereocenters. The molecule has 6 saturated heterocycles. The number of methoxy groups -OCH3 is 8. The molecule has 6 aliphatic heterocycles. The standard InChI is InChI=1S/2C9H15BO3.2C8H13BO4/c2*1-11-5-9-4-3-6(7(9)12-2)8(10)13-9;2*1-10-3-8-4-12-5(6(8)11-2)7(9)13-8/h2*6-8H,3-5H2,1-2H3;2*5-7H,3-4H2,1-2H3/t2*6?,7-,8-,9-;5?,6-,7-,8+;5-,6+,7?,8-/m1111/s1. The Kier molecular flexibility index (Phi) is 14.7. The van der Waals surface area contributed by atoms with Crippen LogP contribution in [0.5, 0.6) is 0 Å². The lowest BCUT2D eigenvalue weighted by Gasteiger charge is -2.30. The lowest BCUT2D eigenvalue weighted by Crippen LogP contribution is -2.45. The fourth-order valence-corrected chi connectivity index (χ4v) is 9.80. The van der Waals surface area contributed by atoms with Gasteiger partial charge < -0.3 is 66.3 Å². The average Bonchev–Trinajstić information content (AvgIpc) is 3.98.